The fraction of sp³-hybridized carbons (Fsp3) is 0.276. The van der Waals surface area contributed by atoms with Gasteiger partial charge in [0, 0.05) is 43.5 Å². The van der Waals surface area contributed by atoms with Crippen LogP contribution in [-0.4, -0.2) is 65.0 Å². The van der Waals surface area contributed by atoms with Gasteiger partial charge in [-0.1, -0.05) is 49.1 Å². The number of nitrogens with zero attached hydrogens (tertiary/aromatic N) is 3. The number of hydrogen-bond acceptors (Lipinski definition) is 5. The van der Waals surface area contributed by atoms with Crippen LogP contribution in [0.25, 0.3) is 0 Å². The van der Waals surface area contributed by atoms with Gasteiger partial charge in [0.15, 0.2) is 5.60 Å². The van der Waals surface area contributed by atoms with Gasteiger partial charge in [0.25, 0.3) is 11.8 Å². The van der Waals surface area contributed by atoms with Crippen molar-refractivity contribution in [3.05, 3.63) is 108 Å². The van der Waals surface area contributed by atoms with Gasteiger partial charge in [-0.3, -0.25) is 14.6 Å². The average Bonchev–Trinajstić information content (AvgIpc) is 3.18. The van der Waals surface area contributed by atoms with Crippen molar-refractivity contribution in [3.8, 4) is 5.75 Å². The van der Waals surface area contributed by atoms with E-state index in [1.165, 1.54) is 0 Å². The molecular weight excluding hydrogens is 454 g/mol. The van der Waals surface area contributed by atoms with Gasteiger partial charge in [0.2, 0.25) is 0 Å². The van der Waals surface area contributed by atoms with Crippen LogP contribution in [0.1, 0.15) is 27.4 Å². The summed E-state index contributed by atoms with van der Waals surface area (Å²) in [5.74, 6) is 0.253. The minimum absolute atomic E-state index is 0.0918. The molecule has 2 aliphatic rings. The smallest absolute Gasteiger partial charge is 0.257 e. The zero-order chi connectivity index (χ0) is 25.0. The minimum atomic E-state index is -1.13. The van der Waals surface area contributed by atoms with Crippen molar-refractivity contribution in [2.24, 2.45) is 0 Å². The molecule has 3 heterocycles. The number of aromatic nitrogens is 1. The Hall–Kier alpha value is -3.97. The van der Waals surface area contributed by atoms with Crippen LogP contribution in [0.2, 0.25) is 0 Å². The van der Waals surface area contributed by atoms with Gasteiger partial charge in [0.1, 0.15) is 12.4 Å². The van der Waals surface area contributed by atoms with E-state index in [1.54, 1.807) is 47.6 Å². The second-order valence-electron chi connectivity index (χ2n) is 9.10. The first-order chi connectivity index (χ1) is 17.6. The molecule has 2 amide bonds. The molecule has 0 radical (unpaired) electrons. The van der Waals surface area contributed by atoms with Crippen LogP contribution >= 0.6 is 0 Å². The SMILES string of the molecule is C=CCOc1ccc(C(=O)N2CCOC3(C2)C(=O)N(Cc2cccnc2)CC3c2ccccc2)cc1. The largest absolute Gasteiger partial charge is 0.490 e. The molecule has 2 aromatic carbocycles. The molecule has 0 saturated carbocycles. The Morgan fingerprint density at radius 3 is 2.67 bits per heavy atom. The number of carbonyl (C=O) groups excluding carboxylic acids is 2. The number of likely N-dealkylation sites (tertiary alicyclic amines) is 1. The third-order valence-electron chi connectivity index (χ3n) is 6.82. The number of carbonyl (C=O) groups is 2. The van der Waals surface area contributed by atoms with Crippen molar-refractivity contribution in [2.45, 2.75) is 18.1 Å². The molecule has 0 aliphatic carbocycles. The van der Waals surface area contributed by atoms with Gasteiger partial charge in [-0.2, -0.15) is 0 Å². The summed E-state index contributed by atoms with van der Waals surface area (Å²) in [5.41, 5.74) is 1.39. The van der Waals surface area contributed by atoms with Crippen LogP contribution in [-0.2, 0) is 16.1 Å². The Balaban J connectivity index is 1.41. The van der Waals surface area contributed by atoms with E-state index in [0.29, 0.717) is 44.2 Å². The average molecular weight is 484 g/mol. The molecule has 2 atom stereocenters. The summed E-state index contributed by atoms with van der Waals surface area (Å²) in [4.78, 5) is 35.2. The molecule has 2 fully saturated rings. The van der Waals surface area contributed by atoms with Crippen LogP contribution in [0.5, 0.6) is 5.75 Å². The lowest BCUT2D eigenvalue weighted by molar-refractivity contribution is -0.160. The van der Waals surface area contributed by atoms with E-state index in [1.807, 2.05) is 47.4 Å². The number of morpholine rings is 1. The van der Waals surface area contributed by atoms with Crippen molar-refractivity contribution >= 4 is 11.8 Å². The Kier molecular flexibility index (Phi) is 6.82. The molecule has 2 unspecified atom stereocenters. The number of pyridine rings is 1. The van der Waals surface area contributed by atoms with Gasteiger partial charge in [0.05, 0.1) is 13.2 Å². The lowest BCUT2D eigenvalue weighted by Gasteiger charge is -2.42. The lowest BCUT2D eigenvalue weighted by atomic mass is 9.83. The lowest BCUT2D eigenvalue weighted by Crippen LogP contribution is -2.59. The van der Waals surface area contributed by atoms with Crippen molar-refractivity contribution in [1.29, 1.82) is 0 Å². The van der Waals surface area contributed by atoms with E-state index >= 15 is 0 Å². The molecule has 7 nitrogen and oxygen atoms in total. The van der Waals surface area contributed by atoms with Crippen LogP contribution < -0.4 is 4.74 Å². The maximum atomic E-state index is 13.9. The van der Waals surface area contributed by atoms with Crippen LogP contribution in [0.4, 0.5) is 0 Å². The van der Waals surface area contributed by atoms with E-state index in [0.717, 1.165) is 11.1 Å². The Labute approximate surface area is 211 Å². The zero-order valence-electron chi connectivity index (χ0n) is 20.1. The highest BCUT2D eigenvalue weighted by Crippen LogP contribution is 2.42. The highest BCUT2D eigenvalue weighted by Gasteiger charge is 2.58. The summed E-state index contributed by atoms with van der Waals surface area (Å²) in [5, 5.41) is 0. The van der Waals surface area contributed by atoms with Gasteiger partial charge in [-0.05, 0) is 41.5 Å². The highest BCUT2D eigenvalue weighted by molar-refractivity contribution is 5.96. The molecule has 7 heteroatoms. The summed E-state index contributed by atoms with van der Waals surface area (Å²) in [7, 11) is 0. The molecule has 2 aliphatic heterocycles. The standard InChI is InChI=1S/C29H29N3O4/c1-2-16-35-25-12-10-24(11-13-25)27(33)31-15-17-36-29(21-31)26(23-8-4-3-5-9-23)20-32(28(29)34)19-22-7-6-14-30-18-22/h2-14,18,26H,1,15-17,19-21H2. The van der Waals surface area contributed by atoms with Crippen LogP contribution in [0.3, 0.4) is 0 Å². The number of rotatable bonds is 7. The van der Waals surface area contributed by atoms with Crippen molar-refractivity contribution < 1.29 is 19.1 Å². The second kappa shape index (κ2) is 10.3. The van der Waals surface area contributed by atoms with E-state index in [2.05, 4.69) is 11.6 Å². The molecule has 0 N–H and O–H groups in total. The predicted octanol–water partition coefficient (Wildman–Crippen LogP) is 3.68. The van der Waals surface area contributed by atoms with E-state index in [-0.39, 0.29) is 24.3 Å². The Morgan fingerprint density at radius 2 is 1.94 bits per heavy atom. The fourth-order valence-corrected chi connectivity index (χ4v) is 5.07. The first-order valence-corrected chi connectivity index (χ1v) is 12.1. The van der Waals surface area contributed by atoms with Gasteiger partial charge >= 0.3 is 0 Å². The quantitative estimate of drug-likeness (QED) is 0.480. The van der Waals surface area contributed by atoms with Crippen LogP contribution in [0.15, 0.2) is 91.8 Å². The van der Waals surface area contributed by atoms with Gasteiger partial charge in [-0.25, -0.2) is 0 Å². The molecule has 2 saturated heterocycles. The maximum absolute atomic E-state index is 13.9. The summed E-state index contributed by atoms with van der Waals surface area (Å²) in [6.07, 6.45) is 5.16. The molecule has 3 aromatic rings. The number of amides is 2. The molecule has 1 aromatic heterocycles. The number of hydrogen-bond donors (Lipinski definition) is 0. The van der Waals surface area contributed by atoms with E-state index in [9.17, 15) is 9.59 Å². The van der Waals surface area contributed by atoms with E-state index in [4.69, 9.17) is 9.47 Å². The third kappa shape index (κ3) is 4.62. The van der Waals surface area contributed by atoms with Crippen molar-refractivity contribution in [2.75, 3.05) is 32.8 Å². The molecule has 0 bridgehead atoms. The van der Waals surface area contributed by atoms with Gasteiger partial charge in [-0.15, -0.1) is 0 Å². The first-order valence-electron chi connectivity index (χ1n) is 12.1. The summed E-state index contributed by atoms with van der Waals surface area (Å²) in [6.45, 7) is 5.92. The Morgan fingerprint density at radius 1 is 1.14 bits per heavy atom. The van der Waals surface area contributed by atoms with Crippen LogP contribution in [0, 0.1) is 0 Å². The topological polar surface area (TPSA) is 72.0 Å². The van der Waals surface area contributed by atoms with Crippen molar-refractivity contribution in [3.63, 3.8) is 0 Å². The molecule has 1 spiro atoms. The second-order valence-corrected chi connectivity index (χ2v) is 9.10. The molecule has 5 rings (SSSR count). The zero-order valence-corrected chi connectivity index (χ0v) is 20.1. The van der Waals surface area contributed by atoms with E-state index < -0.39 is 5.60 Å². The minimum Gasteiger partial charge on any atom is -0.490 e. The van der Waals surface area contributed by atoms with Gasteiger partial charge < -0.3 is 19.3 Å². The first kappa shape index (κ1) is 23.8. The fourth-order valence-electron chi connectivity index (χ4n) is 5.07. The normalized spacial score (nSPS) is 21.6. The summed E-state index contributed by atoms with van der Waals surface area (Å²) >= 11 is 0. The Bertz CT molecular complexity index is 1220. The number of benzene rings is 2. The maximum Gasteiger partial charge on any atom is 0.257 e. The summed E-state index contributed by atoms with van der Waals surface area (Å²) in [6, 6.07) is 20.8. The molecule has 184 valence electrons. The predicted molar refractivity (Wildman–Crippen MR) is 136 cm³/mol. The third-order valence-corrected chi connectivity index (χ3v) is 6.82. The highest BCUT2D eigenvalue weighted by atomic mass is 16.5. The molecule has 36 heavy (non-hydrogen) atoms. The summed E-state index contributed by atoms with van der Waals surface area (Å²) < 4.78 is 11.9. The monoisotopic (exact) mass is 483 g/mol. The molecular formula is C29H29N3O4. The number of ether oxygens (including phenoxy) is 2. The van der Waals surface area contributed by atoms with Crippen molar-refractivity contribution in [1.82, 2.24) is 14.8 Å².